The third-order valence-corrected chi connectivity index (χ3v) is 3.95. The topological polar surface area (TPSA) is 46.6 Å². The van der Waals surface area contributed by atoms with E-state index in [1.54, 1.807) is 7.05 Å². The smallest absolute Gasteiger partial charge is 0.236 e. The van der Waals surface area contributed by atoms with Gasteiger partial charge in [0.05, 0.1) is 23.0 Å². The molecule has 0 saturated carbocycles. The Morgan fingerprint density at radius 3 is 1.76 bits per heavy atom. The van der Waals surface area contributed by atoms with Gasteiger partial charge in [0, 0.05) is 7.05 Å². The van der Waals surface area contributed by atoms with Crippen LogP contribution in [0.5, 0.6) is 0 Å². The SMILES string of the molecule is CC.CN1C(=O)C2C(C1=O)C1(C)C=CC2(C)O1. The van der Waals surface area contributed by atoms with Gasteiger partial charge < -0.3 is 4.74 Å². The molecule has 2 fully saturated rings. The molecule has 4 atom stereocenters. The highest BCUT2D eigenvalue weighted by Crippen LogP contribution is 2.56. The lowest BCUT2D eigenvalue weighted by Gasteiger charge is -2.23. The maximum atomic E-state index is 11.9. The summed E-state index contributed by atoms with van der Waals surface area (Å²) in [6.45, 7) is 7.76. The number of likely N-dealkylation sites (tertiary alicyclic amines) is 1. The van der Waals surface area contributed by atoms with Crippen molar-refractivity contribution in [3.8, 4) is 0 Å². The predicted molar refractivity (Wildman–Crippen MR) is 63.1 cm³/mol. The lowest BCUT2D eigenvalue weighted by Crippen LogP contribution is -2.37. The minimum Gasteiger partial charge on any atom is -0.359 e. The molecule has 3 rings (SSSR count). The van der Waals surface area contributed by atoms with E-state index in [9.17, 15) is 9.59 Å². The highest BCUT2D eigenvalue weighted by molar-refractivity contribution is 6.07. The van der Waals surface area contributed by atoms with Gasteiger partial charge in [0.25, 0.3) is 0 Å². The van der Waals surface area contributed by atoms with Crippen LogP contribution in [0.4, 0.5) is 0 Å². The molecule has 0 radical (unpaired) electrons. The Bertz CT molecular complexity index is 381. The first-order valence-corrected chi connectivity index (χ1v) is 6.11. The van der Waals surface area contributed by atoms with E-state index in [-0.39, 0.29) is 23.7 Å². The van der Waals surface area contributed by atoms with E-state index in [1.165, 1.54) is 4.90 Å². The fourth-order valence-electron chi connectivity index (χ4n) is 3.17. The maximum Gasteiger partial charge on any atom is 0.236 e. The first-order chi connectivity index (χ1) is 7.89. The summed E-state index contributed by atoms with van der Waals surface area (Å²) in [6, 6.07) is 0. The fraction of sp³-hybridized carbons (Fsp3) is 0.692. The third-order valence-electron chi connectivity index (χ3n) is 3.95. The molecular formula is C13H19NO3. The van der Waals surface area contributed by atoms with Crippen molar-refractivity contribution >= 4 is 11.8 Å². The lowest BCUT2D eigenvalue weighted by molar-refractivity contribution is -0.144. The highest BCUT2D eigenvalue weighted by atomic mass is 16.5. The average Bonchev–Trinajstić information content (AvgIpc) is 2.82. The Kier molecular flexibility index (Phi) is 2.47. The molecular weight excluding hydrogens is 218 g/mol. The number of fused-ring (bicyclic) bond motifs is 5. The molecule has 3 aliphatic rings. The minimum absolute atomic E-state index is 0.111. The summed E-state index contributed by atoms with van der Waals surface area (Å²) >= 11 is 0. The zero-order chi connectivity index (χ0) is 13.0. The van der Waals surface area contributed by atoms with E-state index in [0.717, 1.165) is 0 Å². The molecule has 0 N–H and O–H groups in total. The molecule has 0 aliphatic carbocycles. The standard InChI is InChI=1S/C11H13NO3.C2H6/c1-10-4-5-11(2,15-10)7-6(10)8(13)12(3)9(7)14;1-2/h4-7H,1-3H3;1-2H3. The van der Waals surface area contributed by atoms with Gasteiger partial charge in [-0.15, -0.1) is 0 Å². The van der Waals surface area contributed by atoms with Crippen molar-refractivity contribution in [3.05, 3.63) is 12.2 Å². The second-order valence-corrected chi connectivity index (χ2v) is 4.99. The molecule has 3 aliphatic heterocycles. The number of amides is 2. The van der Waals surface area contributed by atoms with Gasteiger partial charge >= 0.3 is 0 Å². The van der Waals surface area contributed by atoms with Crippen LogP contribution in [-0.2, 0) is 14.3 Å². The van der Waals surface area contributed by atoms with E-state index in [4.69, 9.17) is 4.74 Å². The van der Waals surface area contributed by atoms with E-state index in [1.807, 2.05) is 39.8 Å². The maximum absolute atomic E-state index is 11.9. The summed E-state index contributed by atoms with van der Waals surface area (Å²) in [6.07, 6.45) is 3.83. The average molecular weight is 237 g/mol. The monoisotopic (exact) mass is 237 g/mol. The van der Waals surface area contributed by atoms with Crippen LogP contribution in [0.1, 0.15) is 27.7 Å². The van der Waals surface area contributed by atoms with Crippen molar-refractivity contribution in [2.24, 2.45) is 11.8 Å². The van der Waals surface area contributed by atoms with E-state index in [2.05, 4.69) is 0 Å². The summed E-state index contributed by atoms with van der Waals surface area (Å²) in [5.74, 6) is -0.879. The third kappa shape index (κ3) is 1.27. The van der Waals surface area contributed by atoms with Crippen LogP contribution in [-0.4, -0.2) is 35.0 Å². The molecule has 3 heterocycles. The van der Waals surface area contributed by atoms with Crippen molar-refractivity contribution in [2.45, 2.75) is 38.9 Å². The number of carbonyl (C=O) groups is 2. The normalized spacial score (nSPS) is 46.1. The van der Waals surface area contributed by atoms with E-state index < -0.39 is 11.2 Å². The Morgan fingerprint density at radius 1 is 1.06 bits per heavy atom. The summed E-state index contributed by atoms with van der Waals surface area (Å²) < 4.78 is 5.82. The van der Waals surface area contributed by atoms with Crippen LogP contribution < -0.4 is 0 Å². The summed E-state index contributed by atoms with van der Waals surface area (Å²) in [5, 5.41) is 0. The van der Waals surface area contributed by atoms with Gasteiger partial charge in [0.1, 0.15) is 0 Å². The van der Waals surface area contributed by atoms with Crippen molar-refractivity contribution < 1.29 is 14.3 Å². The number of ether oxygens (including phenoxy) is 1. The molecule has 17 heavy (non-hydrogen) atoms. The molecule has 0 aromatic rings. The van der Waals surface area contributed by atoms with Crippen molar-refractivity contribution in [1.29, 1.82) is 0 Å². The molecule has 2 amide bonds. The van der Waals surface area contributed by atoms with Gasteiger partial charge in [-0.2, -0.15) is 0 Å². The van der Waals surface area contributed by atoms with Crippen LogP contribution in [0.25, 0.3) is 0 Å². The minimum atomic E-state index is -0.586. The van der Waals surface area contributed by atoms with Gasteiger partial charge in [-0.05, 0) is 13.8 Å². The Labute approximate surface area is 102 Å². The second-order valence-electron chi connectivity index (χ2n) is 4.99. The number of hydrogen-bond donors (Lipinski definition) is 0. The number of hydrogen-bond acceptors (Lipinski definition) is 3. The van der Waals surface area contributed by atoms with Gasteiger partial charge in [0.2, 0.25) is 11.8 Å². The molecule has 4 unspecified atom stereocenters. The van der Waals surface area contributed by atoms with Gasteiger partial charge in [0.15, 0.2) is 0 Å². The van der Waals surface area contributed by atoms with Gasteiger partial charge in [-0.25, -0.2) is 0 Å². The van der Waals surface area contributed by atoms with Gasteiger partial charge in [-0.1, -0.05) is 26.0 Å². The van der Waals surface area contributed by atoms with E-state index >= 15 is 0 Å². The summed E-state index contributed by atoms with van der Waals surface area (Å²) in [4.78, 5) is 25.1. The summed E-state index contributed by atoms with van der Waals surface area (Å²) in [5.41, 5.74) is -1.17. The zero-order valence-electron chi connectivity index (χ0n) is 11.0. The molecule has 94 valence electrons. The summed E-state index contributed by atoms with van der Waals surface area (Å²) in [7, 11) is 1.55. The molecule has 0 aromatic heterocycles. The highest BCUT2D eigenvalue weighted by Gasteiger charge is 2.69. The fourth-order valence-corrected chi connectivity index (χ4v) is 3.17. The van der Waals surface area contributed by atoms with Gasteiger partial charge in [-0.3, -0.25) is 14.5 Å². The Hall–Kier alpha value is -1.16. The predicted octanol–water partition coefficient (Wildman–Crippen LogP) is 1.36. The molecule has 4 nitrogen and oxygen atoms in total. The van der Waals surface area contributed by atoms with Crippen LogP contribution in [0.15, 0.2) is 12.2 Å². The first-order valence-electron chi connectivity index (χ1n) is 6.11. The number of nitrogens with zero attached hydrogens (tertiary/aromatic N) is 1. The quantitative estimate of drug-likeness (QED) is 0.472. The molecule has 0 aromatic carbocycles. The molecule has 2 bridgehead atoms. The largest absolute Gasteiger partial charge is 0.359 e. The van der Waals surface area contributed by atoms with Crippen LogP contribution >= 0.6 is 0 Å². The van der Waals surface area contributed by atoms with Crippen LogP contribution in [0.2, 0.25) is 0 Å². The number of carbonyl (C=O) groups excluding carboxylic acids is 2. The Balaban J connectivity index is 0.000000514. The number of imide groups is 1. The lowest BCUT2D eigenvalue weighted by atomic mass is 9.73. The van der Waals surface area contributed by atoms with Crippen molar-refractivity contribution in [1.82, 2.24) is 4.90 Å². The molecule has 4 heteroatoms. The molecule has 0 spiro atoms. The Morgan fingerprint density at radius 2 is 1.41 bits per heavy atom. The number of rotatable bonds is 0. The molecule has 2 saturated heterocycles. The first kappa shape index (κ1) is 12.3. The van der Waals surface area contributed by atoms with Crippen LogP contribution in [0.3, 0.4) is 0 Å². The second kappa shape index (κ2) is 3.42. The van der Waals surface area contributed by atoms with Crippen molar-refractivity contribution in [3.63, 3.8) is 0 Å². The van der Waals surface area contributed by atoms with Crippen LogP contribution in [0, 0.1) is 11.8 Å². The zero-order valence-corrected chi connectivity index (χ0v) is 11.0. The van der Waals surface area contributed by atoms with E-state index in [0.29, 0.717) is 0 Å². The van der Waals surface area contributed by atoms with Crippen molar-refractivity contribution in [2.75, 3.05) is 7.05 Å².